The van der Waals surface area contributed by atoms with Crippen LogP contribution in [0.3, 0.4) is 0 Å². The minimum atomic E-state index is -1.01. The number of nitrogens with one attached hydrogen (secondary N) is 2. The van der Waals surface area contributed by atoms with E-state index in [0.717, 1.165) is 0 Å². The Kier molecular flexibility index (Phi) is 6.08. The van der Waals surface area contributed by atoms with Gasteiger partial charge in [-0.2, -0.15) is 5.26 Å². The van der Waals surface area contributed by atoms with E-state index in [4.69, 9.17) is 10.00 Å². The fourth-order valence-electron chi connectivity index (χ4n) is 1.57. The number of hydrogen-bond acceptors (Lipinski definition) is 5. The molecule has 1 rings (SSSR count). The number of anilines is 1. The smallest absolute Gasteiger partial charge is 0.329 e. The molecule has 0 aliphatic rings. The SMILES string of the molecule is CC(=O)N[C@@H](C)C(=O)OC(C)C(=O)Nc1ccc(C#N)cc1. The number of rotatable bonds is 5. The predicted molar refractivity (Wildman–Crippen MR) is 78.6 cm³/mol. The van der Waals surface area contributed by atoms with E-state index in [2.05, 4.69) is 10.6 Å². The van der Waals surface area contributed by atoms with Gasteiger partial charge in [0.05, 0.1) is 11.6 Å². The molecule has 0 bridgehead atoms. The van der Waals surface area contributed by atoms with Crippen LogP contribution < -0.4 is 10.6 Å². The van der Waals surface area contributed by atoms with Crippen molar-refractivity contribution >= 4 is 23.5 Å². The summed E-state index contributed by atoms with van der Waals surface area (Å²) in [6.45, 7) is 4.18. The summed E-state index contributed by atoms with van der Waals surface area (Å²) in [5.74, 6) is -1.56. The van der Waals surface area contributed by atoms with Crippen molar-refractivity contribution in [2.75, 3.05) is 5.32 Å². The lowest BCUT2D eigenvalue weighted by molar-refractivity contribution is -0.155. The lowest BCUT2D eigenvalue weighted by Gasteiger charge is -2.17. The highest BCUT2D eigenvalue weighted by Gasteiger charge is 2.22. The van der Waals surface area contributed by atoms with E-state index in [9.17, 15) is 14.4 Å². The van der Waals surface area contributed by atoms with Gasteiger partial charge in [-0.3, -0.25) is 9.59 Å². The molecular formula is C15H17N3O4. The van der Waals surface area contributed by atoms with E-state index in [1.807, 2.05) is 6.07 Å². The van der Waals surface area contributed by atoms with E-state index in [1.165, 1.54) is 20.8 Å². The number of hydrogen-bond donors (Lipinski definition) is 2. The van der Waals surface area contributed by atoms with Crippen LogP contribution >= 0.6 is 0 Å². The Hall–Kier alpha value is -2.88. The van der Waals surface area contributed by atoms with Gasteiger partial charge in [0.1, 0.15) is 6.04 Å². The molecule has 22 heavy (non-hydrogen) atoms. The summed E-state index contributed by atoms with van der Waals surface area (Å²) in [6.07, 6.45) is -1.01. The molecule has 116 valence electrons. The molecule has 2 atom stereocenters. The number of carbonyl (C=O) groups excluding carboxylic acids is 3. The third-order valence-corrected chi connectivity index (χ3v) is 2.72. The van der Waals surface area contributed by atoms with Crippen LogP contribution in [0, 0.1) is 11.3 Å². The Balaban J connectivity index is 2.55. The summed E-state index contributed by atoms with van der Waals surface area (Å²) in [5, 5.41) is 13.6. The summed E-state index contributed by atoms with van der Waals surface area (Å²) in [7, 11) is 0. The molecule has 0 aromatic heterocycles. The van der Waals surface area contributed by atoms with Gasteiger partial charge in [0, 0.05) is 12.6 Å². The second kappa shape index (κ2) is 7.78. The highest BCUT2D eigenvalue weighted by atomic mass is 16.5. The van der Waals surface area contributed by atoms with Gasteiger partial charge < -0.3 is 15.4 Å². The molecule has 1 aromatic carbocycles. The largest absolute Gasteiger partial charge is 0.451 e. The average molecular weight is 303 g/mol. The van der Waals surface area contributed by atoms with E-state index in [-0.39, 0.29) is 5.91 Å². The number of nitrogens with zero attached hydrogens (tertiary/aromatic N) is 1. The normalized spacial score (nSPS) is 12.5. The Morgan fingerprint density at radius 3 is 2.27 bits per heavy atom. The summed E-state index contributed by atoms with van der Waals surface area (Å²) in [6, 6.07) is 7.41. The van der Waals surface area contributed by atoms with Crippen LogP contribution in [0.5, 0.6) is 0 Å². The summed E-state index contributed by atoms with van der Waals surface area (Å²) in [4.78, 5) is 34.4. The van der Waals surface area contributed by atoms with Crippen LogP contribution in [0.15, 0.2) is 24.3 Å². The summed E-state index contributed by atoms with van der Waals surface area (Å²) >= 11 is 0. The van der Waals surface area contributed by atoms with Gasteiger partial charge in [0.15, 0.2) is 6.10 Å². The zero-order valence-electron chi connectivity index (χ0n) is 12.5. The standard InChI is InChI=1S/C15H17N3O4/c1-9(17-11(3)19)15(21)22-10(2)14(20)18-13-6-4-12(8-16)5-7-13/h4-7,9-10H,1-3H3,(H,17,19)(H,18,20)/t9-,10?/m0/s1. The summed E-state index contributed by atoms with van der Waals surface area (Å²) < 4.78 is 4.97. The maximum Gasteiger partial charge on any atom is 0.329 e. The van der Waals surface area contributed by atoms with Gasteiger partial charge in [-0.05, 0) is 38.1 Å². The first-order chi connectivity index (χ1) is 10.3. The number of benzene rings is 1. The van der Waals surface area contributed by atoms with Crippen LogP contribution in [0.1, 0.15) is 26.3 Å². The van der Waals surface area contributed by atoms with Crippen molar-refractivity contribution < 1.29 is 19.1 Å². The second-order valence-corrected chi connectivity index (χ2v) is 4.68. The Morgan fingerprint density at radius 1 is 1.18 bits per heavy atom. The van der Waals surface area contributed by atoms with Crippen molar-refractivity contribution in [1.29, 1.82) is 5.26 Å². The second-order valence-electron chi connectivity index (χ2n) is 4.68. The fraction of sp³-hybridized carbons (Fsp3) is 0.333. The van der Waals surface area contributed by atoms with Gasteiger partial charge in [-0.15, -0.1) is 0 Å². The van der Waals surface area contributed by atoms with Crippen LogP contribution in [-0.4, -0.2) is 29.9 Å². The Morgan fingerprint density at radius 2 is 1.77 bits per heavy atom. The fourth-order valence-corrected chi connectivity index (χ4v) is 1.57. The van der Waals surface area contributed by atoms with E-state index >= 15 is 0 Å². The maximum absolute atomic E-state index is 11.9. The summed E-state index contributed by atoms with van der Waals surface area (Å²) in [5.41, 5.74) is 0.961. The van der Waals surface area contributed by atoms with E-state index in [1.54, 1.807) is 24.3 Å². The monoisotopic (exact) mass is 303 g/mol. The van der Waals surface area contributed by atoms with Crippen LogP contribution in [0.2, 0.25) is 0 Å². The quantitative estimate of drug-likeness (QED) is 0.787. The molecule has 2 amide bonds. The van der Waals surface area contributed by atoms with Crippen LogP contribution in [0.4, 0.5) is 5.69 Å². The van der Waals surface area contributed by atoms with Gasteiger partial charge in [0.25, 0.3) is 5.91 Å². The van der Waals surface area contributed by atoms with Crippen molar-refractivity contribution in [2.45, 2.75) is 32.9 Å². The molecule has 7 heteroatoms. The van der Waals surface area contributed by atoms with E-state index in [0.29, 0.717) is 11.3 Å². The Labute approximate surface area is 128 Å². The average Bonchev–Trinajstić information content (AvgIpc) is 2.47. The molecule has 0 aliphatic heterocycles. The lowest BCUT2D eigenvalue weighted by Crippen LogP contribution is -2.41. The van der Waals surface area contributed by atoms with Gasteiger partial charge in [0.2, 0.25) is 5.91 Å². The molecule has 1 unspecified atom stereocenters. The molecule has 0 aliphatic carbocycles. The zero-order chi connectivity index (χ0) is 16.7. The lowest BCUT2D eigenvalue weighted by atomic mass is 10.2. The third kappa shape index (κ3) is 5.25. The first-order valence-corrected chi connectivity index (χ1v) is 6.62. The molecule has 0 spiro atoms. The van der Waals surface area contributed by atoms with Gasteiger partial charge >= 0.3 is 5.97 Å². The number of amides is 2. The number of esters is 1. The topological polar surface area (TPSA) is 108 Å². The van der Waals surface area contributed by atoms with Gasteiger partial charge in [-0.1, -0.05) is 0 Å². The molecule has 0 saturated heterocycles. The molecule has 0 heterocycles. The van der Waals surface area contributed by atoms with Crippen LogP contribution in [-0.2, 0) is 19.1 Å². The van der Waals surface area contributed by atoms with Crippen molar-refractivity contribution in [2.24, 2.45) is 0 Å². The Bertz CT molecular complexity index is 604. The van der Waals surface area contributed by atoms with Crippen molar-refractivity contribution in [3.63, 3.8) is 0 Å². The van der Waals surface area contributed by atoms with Crippen molar-refractivity contribution in [1.82, 2.24) is 5.32 Å². The maximum atomic E-state index is 11.9. The highest BCUT2D eigenvalue weighted by Crippen LogP contribution is 2.10. The third-order valence-electron chi connectivity index (χ3n) is 2.72. The first-order valence-electron chi connectivity index (χ1n) is 6.62. The molecule has 0 fully saturated rings. The van der Waals surface area contributed by atoms with E-state index < -0.39 is 24.0 Å². The molecule has 1 aromatic rings. The minimum Gasteiger partial charge on any atom is -0.451 e. The molecule has 2 N–H and O–H groups in total. The molecule has 0 saturated carbocycles. The molecule has 7 nitrogen and oxygen atoms in total. The predicted octanol–water partition coefficient (Wildman–Crippen LogP) is 0.953. The van der Waals surface area contributed by atoms with Crippen molar-refractivity contribution in [3.8, 4) is 6.07 Å². The highest BCUT2D eigenvalue weighted by molar-refractivity contribution is 5.95. The van der Waals surface area contributed by atoms with Crippen LogP contribution in [0.25, 0.3) is 0 Å². The van der Waals surface area contributed by atoms with Gasteiger partial charge in [-0.25, -0.2) is 4.79 Å². The molecule has 0 radical (unpaired) electrons. The first kappa shape index (κ1) is 17.2. The van der Waals surface area contributed by atoms with Crippen molar-refractivity contribution in [3.05, 3.63) is 29.8 Å². The number of ether oxygens (including phenoxy) is 1. The molecular weight excluding hydrogens is 286 g/mol. The number of carbonyl (C=O) groups is 3. The minimum absolute atomic E-state index is 0.362. The number of nitriles is 1. The zero-order valence-corrected chi connectivity index (χ0v) is 12.5.